The number of carbonyl (C=O) groups excluding carboxylic acids is 16. The van der Waals surface area contributed by atoms with Gasteiger partial charge in [0, 0.05) is 25.9 Å². The van der Waals surface area contributed by atoms with Crippen LogP contribution in [0.5, 0.6) is 0 Å². The highest BCUT2D eigenvalue weighted by atomic mass is 32.2. The van der Waals surface area contributed by atoms with Crippen molar-refractivity contribution in [3.63, 3.8) is 0 Å². The minimum atomic E-state index is -1.84. The van der Waals surface area contributed by atoms with E-state index < -0.39 is 272 Å². The van der Waals surface area contributed by atoms with Crippen LogP contribution in [-0.2, 0) is 95.9 Å². The first-order valence-electron chi connectivity index (χ1n) is 38.9. The number of carboxylic acids is 4. The first-order chi connectivity index (χ1) is 54.9. The van der Waals surface area contributed by atoms with Crippen LogP contribution in [0.4, 0.5) is 0 Å². The highest BCUT2D eigenvalue weighted by Gasteiger charge is 2.42. The van der Waals surface area contributed by atoms with Crippen LogP contribution in [0.15, 0.2) is 4.99 Å². The number of nitrogens with two attached hydrogens (primary N) is 4. The van der Waals surface area contributed by atoms with Crippen LogP contribution in [0, 0.1) is 35.5 Å². The quantitative estimate of drug-likeness (QED) is 0.0153. The summed E-state index contributed by atoms with van der Waals surface area (Å²) in [7, 11) is 0. The summed E-state index contributed by atoms with van der Waals surface area (Å²) in [5.74, 6) is -24.4. The van der Waals surface area contributed by atoms with Crippen molar-refractivity contribution in [2.45, 2.75) is 258 Å². The molecule has 14 atom stereocenters. The highest BCUT2D eigenvalue weighted by molar-refractivity contribution is 7.98. The molecule has 0 radical (unpaired) electrons. The van der Waals surface area contributed by atoms with Crippen molar-refractivity contribution in [1.29, 1.82) is 0 Å². The Hall–Kier alpha value is -11.0. The number of carboxylic acid groups (broad SMARTS) is 4. The van der Waals surface area contributed by atoms with Crippen molar-refractivity contribution in [3.8, 4) is 0 Å². The third-order valence-corrected chi connectivity index (χ3v) is 19.0. The molecule has 0 aliphatic carbocycles. The first kappa shape index (κ1) is 105. The monoisotopic (exact) mass is 1700 g/mol. The highest BCUT2D eigenvalue weighted by Crippen LogP contribution is 2.21. The Morgan fingerprint density at radius 1 is 0.424 bits per heavy atom. The van der Waals surface area contributed by atoms with Crippen molar-refractivity contribution in [2.75, 3.05) is 38.2 Å². The van der Waals surface area contributed by atoms with E-state index in [0.29, 0.717) is 0 Å². The number of likely N-dealkylation sites (tertiary alicyclic amines) is 1. The summed E-state index contributed by atoms with van der Waals surface area (Å²) in [5.41, 5.74) is 22.4. The number of primary amides is 1. The lowest BCUT2D eigenvalue weighted by Gasteiger charge is -2.30. The van der Waals surface area contributed by atoms with Gasteiger partial charge < -0.3 is 123 Å². The number of amides is 16. The summed E-state index contributed by atoms with van der Waals surface area (Å²) in [6.45, 7) is 18.6. The van der Waals surface area contributed by atoms with Gasteiger partial charge in [0.25, 0.3) is 0 Å². The molecule has 0 unspecified atom stereocenters. The Kier molecular flexibility index (Phi) is 46.8. The molecule has 45 heteroatoms. The fourth-order valence-electron chi connectivity index (χ4n) is 11.8. The molecule has 0 aromatic carbocycles. The van der Waals surface area contributed by atoms with E-state index in [9.17, 15) is 116 Å². The molecule has 666 valence electrons. The molecule has 1 aliphatic rings. The molecule has 1 rings (SSSR count). The van der Waals surface area contributed by atoms with Crippen LogP contribution < -0.4 is 97.4 Å². The van der Waals surface area contributed by atoms with E-state index in [2.05, 4.69) is 79.4 Å². The van der Waals surface area contributed by atoms with E-state index in [0.717, 1.165) is 4.90 Å². The van der Waals surface area contributed by atoms with Crippen LogP contribution in [0.3, 0.4) is 0 Å². The molecular formula is C73H124N20O24S. The number of guanidine groups is 1. The van der Waals surface area contributed by atoms with Gasteiger partial charge in [-0.2, -0.15) is 11.8 Å². The van der Waals surface area contributed by atoms with Crippen molar-refractivity contribution in [1.82, 2.24) is 79.3 Å². The van der Waals surface area contributed by atoms with Gasteiger partial charge in [0.2, 0.25) is 94.5 Å². The number of nitrogens with one attached hydrogen (secondary N) is 14. The van der Waals surface area contributed by atoms with Crippen LogP contribution in [-0.4, -0.2) is 272 Å². The minimum absolute atomic E-state index is 0.00876. The molecular weight excluding hydrogens is 1570 g/mol. The third kappa shape index (κ3) is 39.3. The third-order valence-electron chi connectivity index (χ3n) is 18.3. The van der Waals surface area contributed by atoms with E-state index in [-0.39, 0.29) is 87.5 Å². The maximum atomic E-state index is 14.5. The zero-order valence-electron chi connectivity index (χ0n) is 69.3. The number of thioether (sulfide) groups is 1. The largest absolute Gasteiger partial charge is 0.481 e. The van der Waals surface area contributed by atoms with Gasteiger partial charge in [-0.15, -0.1) is 0 Å². The number of nitrogens with zero attached hydrogens (tertiary/aromatic N) is 2. The molecule has 0 saturated carbocycles. The van der Waals surface area contributed by atoms with Crippen LogP contribution in [0.2, 0.25) is 0 Å². The van der Waals surface area contributed by atoms with E-state index in [1.165, 1.54) is 46.4 Å². The van der Waals surface area contributed by atoms with Crippen molar-refractivity contribution < 1.29 is 116 Å². The lowest BCUT2D eigenvalue weighted by Crippen LogP contribution is -2.61. The predicted octanol–water partition coefficient (Wildman–Crippen LogP) is -5.94. The normalized spacial score (nSPS) is 15.8. The molecule has 1 fully saturated rings. The van der Waals surface area contributed by atoms with Gasteiger partial charge in [0.1, 0.15) is 78.5 Å². The fourth-order valence-corrected chi connectivity index (χ4v) is 12.2. The molecule has 1 saturated heterocycles. The van der Waals surface area contributed by atoms with Crippen molar-refractivity contribution in [3.05, 3.63) is 0 Å². The number of aliphatic carboxylic acids is 4. The smallest absolute Gasteiger partial charge is 0.326 e. The van der Waals surface area contributed by atoms with E-state index in [1.54, 1.807) is 61.6 Å². The average Bonchev–Trinajstić information content (AvgIpc) is 1.68. The van der Waals surface area contributed by atoms with E-state index >= 15 is 0 Å². The van der Waals surface area contributed by atoms with Crippen LogP contribution in [0.25, 0.3) is 0 Å². The SMILES string of the molecule is CSCC[C@H](NC(=O)CNC(=O)[C@H](C)NC(=O)[C@H](CC(=O)O)NC(=O)[C@@H]1CCCN1C(=O)[C@H](CC(N)=O)NC(=O)[C@@H](N)C(C)C)C(=O)N[C@H](C(=O)N[C@@H](CC(C)C)C(=O)N[C@@H](CCCN=C(N)N)C(=O)N[C@@H](CCC(=O)O)C(=O)N[C@H](C(=O)NCC(=O)N[C@@H](CC(C)C)C(=O)N[C@@H](CCC(=O)O)C(=O)N[C@H](C(=O)O)C(C)C)C(C)C)C(C)C. The summed E-state index contributed by atoms with van der Waals surface area (Å²) < 4.78 is 0. The van der Waals surface area contributed by atoms with Crippen molar-refractivity contribution >= 4 is 136 Å². The van der Waals surface area contributed by atoms with Crippen LogP contribution in [0.1, 0.15) is 173 Å². The first-order valence-corrected chi connectivity index (χ1v) is 40.3. The molecule has 0 bridgehead atoms. The van der Waals surface area contributed by atoms with E-state index in [4.69, 9.17) is 22.9 Å². The second-order valence-corrected chi connectivity index (χ2v) is 31.9. The number of rotatable bonds is 55. The number of hydrogen-bond acceptors (Lipinski definition) is 23. The Morgan fingerprint density at radius 2 is 0.831 bits per heavy atom. The van der Waals surface area contributed by atoms with Gasteiger partial charge in [-0.3, -0.25) is 96.1 Å². The zero-order chi connectivity index (χ0) is 90.3. The molecule has 0 spiro atoms. The van der Waals surface area contributed by atoms with E-state index in [1.807, 2.05) is 0 Å². The number of hydrogen-bond donors (Lipinski definition) is 22. The maximum absolute atomic E-state index is 14.5. The molecule has 1 heterocycles. The van der Waals surface area contributed by atoms with Gasteiger partial charge in [0.05, 0.1) is 32.0 Å². The summed E-state index contributed by atoms with van der Waals surface area (Å²) in [6.07, 6.45) is -2.54. The molecule has 44 nitrogen and oxygen atoms in total. The Labute approximate surface area is 688 Å². The van der Waals surface area contributed by atoms with Gasteiger partial charge >= 0.3 is 23.9 Å². The van der Waals surface area contributed by atoms with Crippen LogP contribution >= 0.6 is 11.8 Å². The van der Waals surface area contributed by atoms with Crippen molar-refractivity contribution in [2.24, 2.45) is 63.4 Å². The van der Waals surface area contributed by atoms with Gasteiger partial charge in [-0.25, -0.2) is 4.79 Å². The fraction of sp³-hybridized carbons (Fsp3) is 0.712. The second kappa shape index (κ2) is 52.6. The molecule has 26 N–H and O–H groups in total. The molecule has 16 amide bonds. The molecule has 0 aromatic rings. The Bertz CT molecular complexity index is 3560. The molecule has 1 aliphatic heterocycles. The summed E-state index contributed by atoms with van der Waals surface area (Å²) in [5, 5.41) is 72.5. The Morgan fingerprint density at radius 3 is 1.26 bits per heavy atom. The number of aliphatic imine (C=N–C) groups is 1. The summed E-state index contributed by atoms with van der Waals surface area (Å²) in [4.78, 5) is 271. The van der Waals surface area contributed by atoms with Gasteiger partial charge in [-0.1, -0.05) is 83.1 Å². The Balaban J connectivity index is 3.43. The summed E-state index contributed by atoms with van der Waals surface area (Å²) in [6, 6.07) is -20.7. The average molecular weight is 1700 g/mol. The summed E-state index contributed by atoms with van der Waals surface area (Å²) >= 11 is 1.28. The minimum Gasteiger partial charge on any atom is -0.481 e. The lowest BCUT2D eigenvalue weighted by atomic mass is 9.99. The lowest BCUT2D eigenvalue weighted by molar-refractivity contribution is -0.144. The van der Waals surface area contributed by atoms with Gasteiger partial charge in [0.15, 0.2) is 5.96 Å². The maximum Gasteiger partial charge on any atom is 0.326 e. The number of carbonyl (C=O) groups is 20. The molecule has 118 heavy (non-hydrogen) atoms. The standard InChI is InChI=1S/C73H124N20O24S/c1-33(2)27-44(65(109)86-42(20-22-53(99)100)62(106)92-58(38(11)12)72(116)117)83-51(96)32-80-69(113)56(36(7)8)90-61(105)41(19-21-52(97)98)85-60(104)40(17-15-24-78-73(76)77)84-66(110)45(28-34(3)4)88-70(114)57(37(9)10)91-63(107)43(23-26-118-14)82-50(95)31-79-59(103)39(13)81-64(108)46(30-54(101)102)87-67(111)48-18-16-25-93(48)71(115)47(29-49(74)94)89-68(112)55(75)35(5)6/h33-48,55-58H,15-32,75H2,1-14H3,(H2,74,94)(H,79,103)(H,80,113)(H,81,108)(H,82,95)(H,83,96)(H,84,110)(H,85,104)(H,86,109)(H,87,111)(H,88,114)(H,89,112)(H,90,105)(H,91,107)(H,92,106)(H,97,98)(H,99,100)(H,101,102)(H,116,117)(H4,76,77,78)/t39-,40-,41-,42-,43-,44-,45-,46-,47-,48-,55-,56-,57-,58-/m0/s1. The topological polar surface area (TPSA) is 710 Å². The van der Waals surface area contributed by atoms with Gasteiger partial charge in [-0.05, 0) is 112 Å². The molecule has 0 aromatic heterocycles. The zero-order valence-corrected chi connectivity index (χ0v) is 70.2. The second-order valence-electron chi connectivity index (χ2n) is 30.9. The predicted molar refractivity (Wildman–Crippen MR) is 426 cm³/mol.